The quantitative estimate of drug-likeness (QED) is 0.615. The van der Waals surface area contributed by atoms with Gasteiger partial charge in [-0.1, -0.05) is 12.1 Å². The maximum Gasteiger partial charge on any atom is 0.325 e. The Hall–Kier alpha value is -2.01. The summed E-state index contributed by atoms with van der Waals surface area (Å²) in [5, 5.41) is 3.17. The monoisotopic (exact) mass is 291 g/mol. The minimum Gasteiger partial charge on any atom is -0.468 e. The first-order chi connectivity index (χ1) is 10.1. The molecule has 1 atom stereocenters. The SMILES string of the molecule is C=CCNC(C)(CCc1ccc2c(c1)OCO2)C(=O)OC. The molecule has 1 unspecified atom stereocenters. The van der Waals surface area contributed by atoms with Gasteiger partial charge in [0, 0.05) is 6.54 Å². The molecule has 1 aromatic rings. The van der Waals surface area contributed by atoms with Gasteiger partial charge in [0.15, 0.2) is 11.5 Å². The number of benzene rings is 1. The summed E-state index contributed by atoms with van der Waals surface area (Å²) >= 11 is 0. The van der Waals surface area contributed by atoms with Gasteiger partial charge in [-0.3, -0.25) is 10.1 Å². The van der Waals surface area contributed by atoms with E-state index in [4.69, 9.17) is 14.2 Å². The summed E-state index contributed by atoms with van der Waals surface area (Å²) in [7, 11) is 1.40. The second-order valence-electron chi connectivity index (χ2n) is 5.18. The summed E-state index contributed by atoms with van der Waals surface area (Å²) in [5.74, 6) is 1.25. The lowest BCUT2D eigenvalue weighted by Crippen LogP contribution is -2.50. The van der Waals surface area contributed by atoms with Crippen molar-refractivity contribution in [2.45, 2.75) is 25.3 Å². The molecule has 0 radical (unpaired) electrons. The van der Waals surface area contributed by atoms with Crippen LogP contribution in [0.15, 0.2) is 30.9 Å². The van der Waals surface area contributed by atoms with Gasteiger partial charge < -0.3 is 14.2 Å². The molecule has 0 saturated carbocycles. The Morgan fingerprint density at radius 2 is 2.24 bits per heavy atom. The van der Waals surface area contributed by atoms with E-state index in [1.165, 1.54) is 7.11 Å². The van der Waals surface area contributed by atoms with Crippen molar-refractivity contribution in [2.75, 3.05) is 20.4 Å². The van der Waals surface area contributed by atoms with Crippen molar-refractivity contribution < 1.29 is 19.0 Å². The van der Waals surface area contributed by atoms with E-state index in [-0.39, 0.29) is 12.8 Å². The molecular weight excluding hydrogens is 270 g/mol. The molecular formula is C16H21NO4. The van der Waals surface area contributed by atoms with Gasteiger partial charge in [0.05, 0.1) is 7.11 Å². The normalized spacial score (nSPS) is 15.3. The van der Waals surface area contributed by atoms with Gasteiger partial charge in [0.25, 0.3) is 0 Å². The van der Waals surface area contributed by atoms with E-state index in [0.717, 1.165) is 23.5 Å². The molecule has 5 nitrogen and oxygen atoms in total. The number of carbonyl (C=O) groups excluding carboxylic acids is 1. The van der Waals surface area contributed by atoms with Gasteiger partial charge in [0.1, 0.15) is 5.54 Å². The number of ether oxygens (including phenoxy) is 3. The van der Waals surface area contributed by atoms with Crippen LogP contribution in [0.4, 0.5) is 0 Å². The van der Waals surface area contributed by atoms with E-state index in [1.807, 2.05) is 25.1 Å². The first-order valence-corrected chi connectivity index (χ1v) is 6.92. The zero-order chi connectivity index (χ0) is 15.3. The Kier molecular flexibility index (Phi) is 4.85. The molecule has 1 N–H and O–H groups in total. The number of carbonyl (C=O) groups is 1. The molecule has 1 aromatic carbocycles. The third-order valence-electron chi connectivity index (χ3n) is 3.62. The van der Waals surface area contributed by atoms with Crippen molar-refractivity contribution in [3.05, 3.63) is 36.4 Å². The summed E-state index contributed by atoms with van der Waals surface area (Å²) in [6.45, 7) is 6.32. The number of nitrogens with one attached hydrogen (secondary N) is 1. The molecule has 0 spiro atoms. The Morgan fingerprint density at radius 1 is 1.48 bits per heavy atom. The molecule has 1 aliphatic rings. The molecule has 2 rings (SSSR count). The Balaban J connectivity index is 2.04. The molecule has 1 heterocycles. The van der Waals surface area contributed by atoms with Crippen molar-refractivity contribution in [3.8, 4) is 11.5 Å². The van der Waals surface area contributed by atoms with Crippen molar-refractivity contribution >= 4 is 5.97 Å². The number of hydrogen-bond acceptors (Lipinski definition) is 5. The standard InChI is InChI=1S/C16H21NO4/c1-4-9-17-16(2,15(18)19-3)8-7-12-5-6-13-14(10-12)21-11-20-13/h4-6,10,17H,1,7-9,11H2,2-3H3. The van der Waals surface area contributed by atoms with E-state index >= 15 is 0 Å². The highest BCUT2D eigenvalue weighted by Gasteiger charge is 2.33. The number of esters is 1. The Labute approximate surface area is 124 Å². The summed E-state index contributed by atoms with van der Waals surface area (Å²) in [6.07, 6.45) is 3.07. The van der Waals surface area contributed by atoms with Crippen LogP contribution in [0.3, 0.4) is 0 Å². The van der Waals surface area contributed by atoms with Crippen LogP contribution in [0.25, 0.3) is 0 Å². The molecule has 0 aromatic heterocycles. The van der Waals surface area contributed by atoms with Crippen molar-refractivity contribution in [1.82, 2.24) is 5.32 Å². The molecule has 0 aliphatic carbocycles. The summed E-state index contributed by atoms with van der Waals surface area (Å²) in [5.41, 5.74) is 0.356. The number of fused-ring (bicyclic) bond motifs is 1. The van der Waals surface area contributed by atoms with Crippen LogP contribution < -0.4 is 14.8 Å². The molecule has 5 heteroatoms. The molecule has 0 bridgehead atoms. The number of aryl methyl sites for hydroxylation is 1. The predicted molar refractivity (Wildman–Crippen MR) is 79.5 cm³/mol. The van der Waals surface area contributed by atoms with Crippen LogP contribution in [-0.2, 0) is 16.0 Å². The third-order valence-corrected chi connectivity index (χ3v) is 3.62. The lowest BCUT2D eigenvalue weighted by Gasteiger charge is -2.27. The lowest BCUT2D eigenvalue weighted by molar-refractivity contribution is -0.148. The highest BCUT2D eigenvalue weighted by molar-refractivity contribution is 5.80. The molecule has 0 fully saturated rings. The van der Waals surface area contributed by atoms with Crippen LogP contribution in [-0.4, -0.2) is 32.0 Å². The van der Waals surface area contributed by atoms with Crippen LogP contribution in [0.5, 0.6) is 11.5 Å². The number of rotatable bonds is 7. The predicted octanol–water partition coefficient (Wildman–Crippen LogP) is 2.06. The minimum absolute atomic E-state index is 0.263. The molecule has 0 saturated heterocycles. The highest BCUT2D eigenvalue weighted by atomic mass is 16.7. The second kappa shape index (κ2) is 6.63. The van der Waals surface area contributed by atoms with Crippen LogP contribution in [0, 0.1) is 0 Å². The van der Waals surface area contributed by atoms with Gasteiger partial charge in [0.2, 0.25) is 6.79 Å². The molecule has 114 valence electrons. The highest BCUT2D eigenvalue weighted by Crippen LogP contribution is 2.33. The topological polar surface area (TPSA) is 56.8 Å². The van der Waals surface area contributed by atoms with Gasteiger partial charge >= 0.3 is 5.97 Å². The number of hydrogen-bond donors (Lipinski definition) is 1. The fourth-order valence-corrected chi connectivity index (χ4v) is 2.28. The summed E-state index contributed by atoms with van der Waals surface area (Å²) < 4.78 is 15.5. The van der Waals surface area contributed by atoms with Gasteiger partial charge in [-0.05, 0) is 37.5 Å². The minimum atomic E-state index is -0.737. The van der Waals surface area contributed by atoms with E-state index in [1.54, 1.807) is 6.08 Å². The third kappa shape index (κ3) is 3.55. The maximum absolute atomic E-state index is 12.0. The Morgan fingerprint density at radius 3 is 2.95 bits per heavy atom. The first-order valence-electron chi connectivity index (χ1n) is 6.92. The van der Waals surface area contributed by atoms with E-state index in [0.29, 0.717) is 13.0 Å². The van der Waals surface area contributed by atoms with E-state index in [9.17, 15) is 4.79 Å². The lowest BCUT2D eigenvalue weighted by atomic mass is 9.93. The summed E-state index contributed by atoms with van der Waals surface area (Å²) in [4.78, 5) is 12.0. The molecule has 21 heavy (non-hydrogen) atoms. The van der Waals surface area contributed by atoms with Crippen molar-refractivity contribution in [1.29, 1.82) is 0 Å². The van der Waals surface area contributed by atoms with Crippen LogP contribution in [0.2, 0.25) is 0 Å². The average Bonchev–Trinajstić information content (AvgIpc) is 2.97. The zero-order valence-corrected chi connectivity index (χ0v) is 12.5. The van der Waals surface area contributed by atoms with Gasteiger partial charge in [-0.25, -0.2) is 0 Å². The molecule has 0 amide bonds. The van der Waals surface area contributed by atoms with E-state index < -0.39 is 5.54 Å². The average molecular weight is 291 g/mol. The maximum atomic E-state index is 12.0. The molecule has 1 aliphatic heterocycles. The fourth-order valence-electron chi connectivity index (χ4n) is 2.28. The smallest absolute Gasteiger partial charge is 0.325 e. The number of methoxy groups -OCH3 is 1. The fraction of sp³-hybridized carbons (Fsp3) is 0.438. The zero-order valence-electron chi connectivity index (χ0n) is 12.5. The van der Waals surface area contributed by atoms with Crippen LogP contribution in [0.1, 0.15) is 18.9 Å². The van der Waals surface area contributed by atoms with Crippen LogP contribution >= 0.6 is 0 Å². The summed E-state index contributed by atoms with van der Waals surface area (Å²) in [6, 6.07) is 5.83. The largest absolute Gasteiger partial charge is 0.468 e. The van der Waals surface area contributed by atoms with Gasteiger partial charge in [-0.2, -0.15) is 0 Å². The van der Waals surface area contributed by atoms with Crippen molar-refractivity contribution in [2.24, 2.45) is 0 Å². The second-order valence-corrected chi connectivity index (χ2v) is 5.18. The first kappa shape index (κ1) is 15.4. The van der Waals surface area contributed by atoms with Crippen molar-refractivity contribution in [3.63, 3.8) is 0 Å². The van der Waals surface area contributed by atoms with E-state index in [2.05, 4.69) is 11.9 Å². The Bertz CT molecular complexity index is 529. The van der Waals surface area contributed by atoms with Gasteiger partial charge in [-0.15, -0.1) is 6.58 Å².